The van der Waals surface area contributed by atoms with Crippen LogP contribution >= 0.6 is 0 Å². The van der Waals surface area contributed by atoms with Crippen molar-refractivity contribution in [1.82, 2.24) is 20.1 Å². The second-order valence-electron chi connectivity index (χ2n) is 3.81. The van der Waals surface area contributed by atoms with Gasteiger partial charge in [0.25, 0.3) is 0 Å². The van der Waals surface area contributed by atoms with Crippen LogP contribution in [0, 0.1) is 5.82 Å². The van der Waals surface area contributed by atoms with Crippen LogP contribution in [0.25, 0.3) is 11.4 Å². The third-order valence-electron chi connectivity index (χ3n) is 2.57. The molecule has 0 fully saturated rings. The summed E-state index contributed by atoms with van der Waals surface area (Å²) in [7, 11) is 3.70. The number of benzene rings is 1. The van der Waals surface area contributed by atoms with E-state index in [0.717, 1.165) is 18.8 Å². The molecule has 1 aromatic carbocycles. The van der Waals surface area contributed by atoms with Crippen LogP contribution in [0.1, 0.15) is 5.82 Å². The normalized spacial score (nSPS) is 10.8. The summed E-state index contributed by atoms with van der Waals surface area (Å²) in [6.07, 6.45) is 0.772. The van der Waals surface area contributed by atoms with Gasteiger partial charge in [0.2, 0.25) is 0 Å². The SMILES string of the molecule is CNCCc1nc(-c2ccccc2F)nn1C. The van der Waals surface area contributed by atoms with Crippen molar-refractivity contribution in [3.05, 3.63) is 35.9 Å². The molecule has 2 aromatic rings. The maximum atomic E-state index is 13.6. The van der Waals surface area contributed by atoms with E-state index < -0.39 is 0 Å². The monoisotopic (exact) mass is 234 g/mol. The average Bonchev–Trinajstić information content (AvgIpc) is 2.68. The highest BCUT2D eigenvalue weighted by Gasteiger charge is 2.11. The maximum Gasteiger partial charge on any atom is 0.184 e. The molecule has 1 N–H and O–H groups in total. The summed E-state index contributed by atoms with van der Waals surface area (Å²) >= 11 is 0. The predicted molar refractivity (Wildman–Crippen MR) is 64.0 cm³/mol. The minimum atomic E-state index is -0.293. The largest absolute Gasteiger partial charge is 0.319 e. The highest BCUT2D eigenvalue weighted by Crippen LogP contribution is 2.18. The van der Waals surface area contributed by atoms with Crippen LogP contribution in [0.4, 0.5) is 4.39 Å². The molecule has 1 heterocycles. The van der Waals surface area contributed by atoms with Gasteiger partial charge in [0, 0.05) is 20.0 Å². The number of nitrogens with one attached hydrogen (secondary N) is 1. The Morgan fingerprint density at radius 3 is 2.82 bits per heavy atom. The van der Waals surface area contributed by atoms with Crippen molar-refractivity contribution in [1.29, 1.82) is 0 Å². The molecule has 0 saturated heterocycles. The molecule has 0 unspecified atom stereocenters. The lowest BCUT2D eigenvalue weighted by molar-refractivity contribution is 0.629. The molecule has 0 amide bonds. The van der Waals surface area contributed by atoms with Crippen molar-refractivity contribution in [2.75, 3.05) is 13.6 Å². The fourth-order valence-electron chi connectivity index (χ4n) is 1.63. The number of nitrogens with zero attached hydrogens (tertiary/aromatic N) is 3. The highest BCUT2D eigenvalue weighted by molar-refractivity contribution is 5.55. The van der Waals surface area contributed by atoms with Gasteiger partial charge in [-0.25, -0.2) is 9.37 Å². The van der Waals surface area contributed by atoms with E-state index in [9.17, 15) is 4.39 Å². The number of hydrogen-bond acceptors (Lipinski definition) is 3. The van der Waals surface area contributed by atoms with E-state index in [1.807, 2.05) is 14.1 Å². The molecule has 0 spiro atoms. The van der Waals surface area contributed by atoms with Gasteiger partial charge in [0.15, 0.2) is 5.82 Å². The summed E-state index contributed by atoms with van der Waals surface area (Å²) in [5.41, 5.74) is 0.443. The fourth-order valence-corrected chi connectivity index (χ4v) is 1.63. The maximum absolute atomic E-state index is 13.6. The molecular formula is C12H15FN4. The third kappa shape index (κ3) is 2.50. The molecular weight excluding hydrogens is 219 g/mol. The zero-order valence-electron chi connectivity index (χ0n) is 9.94. The fraction of sp³-hybridized carbons (Fsp3) is 0.333. The Labute approximate surface area is 99.5 Å². The van der Waals surface area contributed by atoms with E-state index in [1.165, 1.54) is 6.07 Å². The molecule has 0 saturated carbocycles. The molecule has 0 aliphatic carbocycles. The Morgan fingerprint density at radius 2 is 2.12 bits per heavy atom. The second-order valence-corrected chi connectivity index (χ2v) is 3.81. The van der Waals surface area contributed by atoms with Gasteiger partial charge in [-0.15, -0.1) is 0 Å². The molecule has 90 valence electrons. The first-order valence-corrected chi connectivity index (χ1v) is 5.52. The van der Waals surface area contributed by atoms with Gasteiger partial charge >= 0.3 is 0 Å². The van der Waals surface area contributed by atoms with Crippen molar-refractivity contribution >= 4 is 0 Å². The van der Waals surface area contributed by atoms with E-state index in [2.05, 4.69) is 15.4 Å². The summed E-state index contributed by atoms with van der Waals surface area (Å²) in [5, 5.41) is 7.28. The third-order valence-corrected chi connectivity index (χ3v) is 2.57. The smallest absolute Gasteiger partial charge is 0.184 e. The topological polar surface area (TPSA) is 42.7 Å². The lowest BCUT2D eigenvalue weighted by atomic mass is 10.2. The molecule has 0 bridgehead atoms. The van der Waals surface area contributed by atoms with Crippen LogP contribution in [0.3, 0.4) is 0 Å². The Balaban J connectivity index is 2.31. The van der Waals surface area contributed by atoms with Gasteiger partial charge in [-0.1, -0.05) is 12.1 Å². The lowest BCUT2D eigenvalue weighted by Crippen LogP contribution is -2.13. The summed E-state index contributed by atoms with van der Waals surface area (Å²) < 4.78 is 15.3. The standard InChI is InChI=1S/C12H15FN4/c1-14-8-7-11-15-12(16-17(11)2)9-5-3-4-6-10(9)13/h3-6,14H,7-8H2,1-2H3. The average molecular weight is 234 g/mol. The number of hydrogen-bond donors (Lipinski definition) is 1. The Bertz CT molecular complexity index is 507. The zero-order valence-corrected chi connectivity index (χ0v) is 9.94. The number of halogens is 1. The van der Waals surface area contributed by atoms with E-state index in [-0.39, 0.29) is 5.82 Å². The second kappa shape index (κ2) is 5.05. The van der Waals surface area contributed by atoms with Crippen molar-refractivity contribution < 1.29 is 4.39 Å². The molecule has 4 nitrogen and oxygen atoms in total. The molecule has 0 aliphatic heterocycles. The highest BCUT2D eigenvalue weighted by atomic mass is 19.1. The zero-order chi connectivity index (χ0) is 12.3. The van der Waals surface area contributed by atoms with Crippen LogP contribution in [-0.2, 0) is 13.5 Å². The quantitative estimate of drug-likeness (QED) is 0.869. The molecule has 1 aromatic heterocycles. The minimum absolute atomic E-state index is 0.293. The summed E-state index contributed by atoms with van der Waals surface area (Å²) in [5.74, 6) is 0.993. The van der Waals surface area contributed by atoms with Crippen LogP contribution in [-0.4, -0.2) is 28.4 Å². The first-order valence-electron chi connectivity index (χ1n) is 5.52. The van der Waals surface area contributed by atoms with Gasteiger partial charge in [-0.3, -0.25) is 4.68 Å². The van der Waals surface area contributed by atoms with Gasteiger partial charge < -0.3 is 5.32 Å². The number of likely N-dealkylation sites (N-methyl/N-ethyl adjacent to an activating group) is 1. The van der Waals surface area contributed by atoms with Gasteiger partial charge in [-0.2, -0.15) is 5.10 Å². The van der Waals surface area contributed by atoms with E-state index in [1.54, 1.807) is 22.9 Å². The summed E-state index contributed by atoms with van der Waals surface area (Å²) in [4.78, 5) is 4.35. The minimum Gasteiger partial charge on any atom is -0.319 e. The lowest BCUT2D eigenvalue weighted by Gasteiger charge is -1.97. The number of aryl methyl sites for hydroxylation is 1. The van der Waals surface area contributed by atoms with Gasteiger partial charge in [-0.05, 0) is 19.2 Å². The van der Waals surface area contributed by atoms with Crippen molar-refractivity contribution in [2.24, 2.45) is 7.05 Å². The molecule has 2 rings (SSSR count). The molecule has 17 heavy (non-hydrogen) atoms. The van der Waals surface area contributed by atoms with E-state index in [4.69, 9.17) is 0 Å². The van der Waals surface area contributed by atoms with E-state index in [0.29, 0.717) is 11.4 Å². The van der Waals surface area contributed by atoms with Gasteiger partial charge in [0.1, 0.15) is 11.6 Å². The summed E-state index contributed by atoms with van der Waals surface area (Å²) in [6, 6.07) is 6.54. The Kier molecular flexibility index (Phi) is 3.49. The van der Waals surface area contributed by atoms with Crippen LogP contribution in [0.5, 0.6) is 0 Å². The Morgan fingerprint density at radius 1 is 1.35 bits per heavy atom. The van der Waals surface area contributed by atoms with Crippen molar-refractivity contribution in [3.63, 3.8) is 0 Å². The van der Waals surface area contributed by atoms with Crippen LogP contribution in [0.2, 0.25) is 0 Å². The van der Waals surface area contributed by atoms with Crippen LogP contribution in [0.15, 0.2) is 24.3 Å². The van der Waals surface area contributed by atoms with Crippen molar-refractivity contribution in [2.45, 2.75) is 6.42 Å². The first-order chi connectivity index (χ1) is 8.22. The molecule has 0 atom stereocenters. The summed E-state index contributed by atoms with van der Waals surface area (Å²) in [6.45, 7) is 0.823. The van der Waals surface area contributed by atoms with E-state index >= 15 is 0 Å². The number of aromatic nitrogens is 3. The predicted octanol–water partition coefficient (Wildman–Crippen LogP) is 1.38. The van der Waals surface area contributed by atoms with Crippen LogP contribution < -0.4 is 5.32 Å². The first kappa shape index (κ1) is 11.7. The molecule has 0 aliphatic rings. The molecule has 0 radical (unpaired) electrons. The Hall–Kier alpha value is -1.75. The van der Waals surface area contributed by atoms with Gasteiger partial charge in [0.05, 0.1) is 5.56 Å². The van der Waals surface area contributed by atoms with Crippen molar-refractivity contribution in [3.8, 4) is 11.4 Å². The number of rotatable bonds is 4. The molecule has 5 heteroatoms.